The molecule has 1 aromatic carbocycles. The summed E-state index contributed by atoms with van der Waals surface area (Å²) in [6.45, 7) is 1.19. The molecule has 110 valence electrons. The lowest BCUT2D eigenvalue weighted by Crippen LogP contribution is -2.49. The summed E-state index contributed by atoms with van der Waals surface area (Å²) in [5.41, 5.74) is 5.48. The van der Waals surface area contributed by atoms with Crippen molar-refractivity contribution in [2.45, 2.75) is 18.6 Å². The second-order valence-corrected chi connectivity index (χ2v) is 4.64. The van der Waals surface area contributed by atoms with E-state index in [1.807, 2.05) is 0 Å². The lowest BCUT2D eigenvalue weighted by molar-refractivity contribution is -0.137. The summed E-state index contributed by atoms with van der Waals surface area (Å²) >= 11 is 0. The maximum Gasteiger partial charge on any atom is 0.416 e. The van der Waals surface area contributed by atoms with E-state index in [-0.39, 0.29) is 12.1 Å². The van der Waals surface area contributed by atoms with E-state index in [1.54, 1.807) is 4.90 Å². The molecular weight excluding hydrogens is 271 g/mol. The highest BCUT2D eigenvalue weighted by Gasteiger charge is 2.32. The van der Waals surface area contributed by atoms with Crippen molar-refractivity contribution in [3.8, 4) is 0 Å². The van der Waals surface area contributed by atoms with Crippen LogP contribution in [0, 0.1) is 0 Å². The van der Waals surface area contributed by atoms with Gasteiger partial charge in [-0.1, -0.05) is 12.1 Å². The average Bonchev–Trinajstić information content (AvgIpc) is 2.40. The lowest BCUT2D eigenvalue weighted by atomic mass is 9.99. The van der Waals surface area contributed by atoms with Gasteiger partial charge in [-0.15, -0.1) is 0 Å². The molecule has 1 saturated heterocycles. The number of carbonyl (C=O) groups is 1. The quantitative estimate of drug-likeness (QED) is 0.894. The van der Waals surface area contributed by atoms with Crippen molar-refractivity contribution >= 4 is 6.03 Å². The Morgan fingerprint density at radius 3 is 2.50 bits per heavy atom. The number of nitrogens with one attached hydrogen (secondary N) is 1. The number of halogens is 3. The third-order valence-electron chi connectivity index (χ3n) is 3.32. The van der Waals surface area contributed by atoms with Crippen molar-refractivity contribution in [2.75, 3.05) is 19.6 Å². The van der Waals surface area contributed by atoms with Crippen molar-refractivity contribution in [3.05, 3.63) is 35.4 Å². The first-order valence-corrected chi connectivity index (χ1v) is 6.35. The number of nitrogens with zero attached hydrogens (tertiary/aromatic N) is 1. The van der Waals surface area contributed by atoms with E-state index >= 15 is 0 Å². The average molecular weight is 287 g/mol. The molecule has 20 heavy (non-hydrogen) atoms. The minimum atomic E-state index is -4.35. The summed E-state index contributed by atoms with van der Waals surface area (Å²) in [6.07, 6.45) is -3.70. The molecule has 1 fully saturated rings. The van der Waals surface area contributed by atoms with Gasteiger partial charge in [0.1, 0.15) is 0 Å². The molecule has 1 atom stereocenters. The molecule has 2 amide bonds. The van der Waals surface area contributed by atoms with Crippen molar-refractivity contribution in [1.29, 1.82) is 0 Å². The normalized spacial score (nSPS) is 19.9. The summed E-state index contributed by atoms with van der Waals surface area (Å²) in [5.74, 6) is 0. The Balaban J connectivity index is 2.22. The van der Waals surface area contributed by atoms with Crippen molar-refractivity contribution in [2.24, 2.45) is 5.73 Å². The Labute approximate surface area is 114 Å². The van der Waals surface area contributed by atoms with E-state index < -0.39 is 11.7 Å². The van der Waals surface area contributed by atoms with Crippen LogP contribution in [0.1, 0.15) is 23.6 Å². The summed E-state index contributed by atoms with van der Waals surface area (Å²) in [6, 6.07) is 4.48. The van der Waals surface area contributed by atoms with E-state index in [0.717, 1.165) is 12.1 Å². The van der Waals surface area contributed by atoms with Gasteiger partial charge in [-0.2, -0.15) is 13.2 Å². The molecule has 0 bridgehead atoms. The highest BCUT2D eigenvalue weighted by atomic mass is 19.4. The first-order valence-electron chi connectivity index (χ1n) is 6.35. The van der Waals surface area contributed by atoms with Gasteiger partial charge < -0.3 is 16.0 Å². The Bertz CT molecular complexity index is 473. The Kier molecular flexibility index (Phi) is 4.17. The molecule has 1 heterocycles. The Morgan fingerprint density at radius 2 is 1.95 bits per heavy atom. The van der Waals surface area contributed by atoms with Crippen LogP contribution in [0.25, 0.3) is 0 Å². The van der Waals surface area contributed by atoms with Crippen LogP contribution in [-0.4, -0.2) is 30.6 Å². The second-order valence-electron chi connectivity index (χ2n) is 4.64. The molecule has 0 aliphatic carbocycles. The first kappa shape index (κ1) is 14.6. The van der Waals surface area contributed by atoms with Gasteiger partial charge >= 0.3 is 12.2 Å². The Hall–Kier alpha value is -1.76. The predicted octanol–water partition coefficient (Wildman–Crippen LogP) is 2.12. The minimum absolute atomic E-state index is 0.227. The number of urea groups is 1. The molecule has 2 rings (SSSR count). The highest BCUT2D eigenvalue weighted by Crippen LogP contribution is 2.32. The third-order valence-corrected chi connectivity index (χ3v) is 3.32. The standard InChI is InChI=1S/C13H16F3N3O/c14-13(15,16)10-3-1-9(2-4-10)11-5-7-18-12(20)19(11)8-6-17/h1-4,11H,5-8,17H2,(H,18,20). The van der Waals surface area contributed by atoms with Gasteiger partial charge in [0.25, 0.3) is 0 Å². The van der Waals surface area contributed by atoms with E-state index in [4.69, 9.17) is 5.73 Å². The van der Waals surface area contributed by atoms with Crippen LogP contribution < -0.4 is 11.1 Å². The van der Waals surface area contributed by atoms with Crippen molar-refractivity contribution in [1.82, 2.24) is 10.2 Å². The third kappa shape index (κ3) is 3.04. The van der Waals surface area contributed by atoms with Gasteiger partial charge in [-0.25, -0.2) is 4.79 Å². The van der Waals surface area contributed by atoms with E-state index in [9.17, 15) is 18.0 Å². The molecule has 1 aliphatic rings. The summed E-state index contributed by atoms with van der Waals surface area (Å²) < 4.78 is 37.6. The number of benzene rings is 1. The van der Waals surface area contributed by atoms with Gasteiger partial charge in [0, 0.05) is 19.6 Å². The van der Waals surface area contributed by atoms with Gasteiger partial charge in [0.15, 0.2) is 0 Å². The smallest absolute Gasteiger partial charge is 0.338 e. The molecule has 0 spiro atoms. The lowest BCUT2D eigenvalue weighted by Gasteiger charge is -2.36. The van der Waals surface area contributed by atoms with Crippen LogP contribution in [0.15, 0.2) is 24.3 Å². The van der Waals surface area contributed by atoms with Crippen molar-refractivity contribution < 1.29 is 18.0 Å². The number of hydrogen-bond acceptors (Lipinski definition) is 2. The van der Waals surface area contributed by atoms with Crippen LogP contribution in [0.2, 0.25) is 0 Å². The fourth-order valence-corrected chi connectivity index (χ4v) is 2.35. The van der Waals surface area contributed by atoms with Gasteiger partial charge in [-0.05, 0) is 24.1 Å². The van der Waals surface area contributed by atoms with Crippen LogP contribution in [-0.2, 0) is 6.18 Å². The van der Waals surface area contributed by atoms with E-state index in [0.29, 0.717) is 31.6 Å². The second kappa shape index (κ2) is 5.70. The van der Waals surface area contributed by atoms with Gasteiger partial charge in [-0.3, -0.25) is 0 Å². The molecule has 0 saturated carbocycles. The summed E-state index contributed by atoms with van der Waals surface area (Å²) in [7, 11) is 0. The van der Waals surface area contributed by atoms with Crippen LogP contribution in [0.5, 0.6) is 0 Å². The maximum absolute atomic E-state index is 12.5. The molecule has 4 nitrogen and oxygen atoms in total. The van der Waals surface area contributed by atoms with Gasteiger partial charge in [0.05, 0.1) is 11.6 Å². The molecule has 0 aromatic heterocycles. The number of alkyl halides is 3. The fourth-order valence-electron chi connectivity index (χ4n) is 2.35. The number of hydrogen-bond donors (Lipinski definition) is 2. The summed E-state index contributed by atoms with van der Waals surface area (Å²) in [5, 5.41) is 2.70. The first-order chi connectivity index (χ1) is 9.43. The molecule has 1 unspecified atom stereocenters. The van der Waals surface area contributed by atoms with Crippen LogP contribution in [0.3, 0.4) is 0 Å². The van der Waals surface area contributed by atoms with Crippen LogP contribution >= 0.6 is 0 Å². The molecule has 3 N–H and O–H groups in total. The molecule has 7 heteroatoms. The molecular formula is C13H16F3N3O. The molecule has 1 aliphatic heterocycles. The van der Waals surface area contributed by atoms with Gasteiger partial charge in [0.2, 0.25) is 0 Å². The zero-order chi connectivity index (χ0) is 14.8. The molecule has 0 radical (unpaired) electrons. The largest absolute Gasteiger partial charge is 0.416 e. The molecule has 1 aromatic rings. The number of amides is 2. The number of nitrogens with two attached hydrogens (primary N) is 1. The topological polar surface area (TPSA) is 58.4 Å². The van der Waals surface area contributed by atoms with E-state index in [2.05, 4.69) is 5.32 Å². The predicted molar refractivity (Wildman–Crippen MR) is 68.0 cm³/mol. The maximum atomic E-state index is 12.5. The number of carbonyl (C=O) groups excluding carboxylic acids is 1. The fraction of sp³-hybridized carbons (Fsp3) is 0.462. The Morgan fingerprint density at radius 1 is 1.30 bits per heavy atom. The minimum Gasteiger partial charge on any atom is -0.338 e. The monoisotopic (exact) mass is 287 g/mol. The number of rotatable bonds is 3. The highest BCUT2D eigenvalue weighted by molar-refractivity contribution is 5.75. The zero-order valence-electron chi connectivity index (χ0n) is 10.8. The summed E-state index contributed by atoms with van der Waals surface area (Å²) in [4.78, 5) is 13.3. The van der Waals surface area contributed by atoms with Crippen LogP contribution in [0.4, 0.5) is 18.0 Å². The zero-order valence-corrected chi connectivity index (χ0v) is 10.8. The van der Waals surface area contributed by atoms with Crippen molar-refractivity contribution in [3.63, 3.8) is 0 Å². The SMILES string of the molecule is NCCN1C(=O)NCCC1c1ccc(C(F)(F)F)cc1. The van der Waals surface area contributed by atoms with E-state index in [1.165, 1.54) is 12.1 Å².